The normalized spacial score (nSPS) is 11.8. The second-order valence-electron chi connectivity index (χ2n) is 4.01. The minimum absolute atomic E-state index is 0.104. The number of nitrogens with zero attached hydrogens (tertiary/aromatic N) is 1. The number of benzene rings is 1. The third kappa shape index (κ3) is 4.01. The number of hydrogen-bond acceptors (Lipinski definition) is 3. The lowest BCUT2D eigenvalue weighted by atomic mass is 10.2. The van der Waals surface area contributed by atoms with Gasteiger partial charge in [-0.2, -0.15) is 13.2 Å². The molecule has 0 atom stereocenters. The van der Waals surface area contributed by atoms with Crippen LogP contribution in [0.4, 0.5) is 13.2 Å². The SMILES string of the molecule is COc1ccccc1S/C=C/c1ncccc1C(F)(F)F. The lowest BCUT2D eigenvalue weighted by Gasteiger charge is -2.08. The third-order valence-electron chi connectivity index (χ3n) is 2.63. The predicted molar refractivity (Wildman–Crippen MR) is 77.1 cm³/mol. The minimum Gasteiger partial charge on any atom is -0.496 e. The molecule has 2 nitrogen and oxygen atoms in total. The summed E-state index contributed by atoms with van der Waals surface area (Å²) in [6.07, 6.45) is -1.73. The number of pyridine rings is 1. The standard InChI is InChI=1S/C15H12F3NOS/c1-20-13-6-2-3-7-14(13)21-10-8-12-11(15(16,17)18)5-4-9-19-12/h2-10H,1H3/b10-8+. The van der Waals surface area contributed by atoms with Crippen molar-refractivity contribution < 1.29 is 17.9 Å². The highest BCUT2D eigenvalue weighted by Crippen LogP contribution is 2.33. The molecule has 0 aliphatic rings. The number of ether oxygens (including phenoxy) is 1. The summed E-state index contributed by atoms with van der Waals surface area (Å²) in [5, 5.41) is 1.56. The van der Waals surface area contributed by atoms with Crippen LogP contribution < -0.4 is 4.74 Å². The number of para-hydroxylation sites is 1. The fourth-order valence-electron chi connectivity index (χ4n) is 1.68. The van der Waals surface area contributed by atoms with E-state index in [1.165, 1.54) is 30.1 Å². The number of rotatable bonds is 4. The van der Waals surface area contributed by atoms with E-state index in [1.807, 2.05) is 18.2 Å². The van der Waals surface area contributed by atoms with Crippen LogP contribution in [0.15, 0.2) is 52.9 Å². The Morgan fingerprint density at radius 3 is 2.62 bits per heavy atom. The van der Waals surface area contributed by atoms with Gasteiger partial charge in [0.25, 0.3) is 0 Å². The summed E-state index contributed by atoms with van der Waals surface area (Å²) in [4.78, 5) is 4.59. The van der Waals surface area contributed by atoms with Crippen LogP contribution in [0.1, 0.15) is 11.3 Å². The quantitative estimate of drug-likeness (QED) is 0.752. The van der Waals surface area contributed by atoms with E-state index in [2.05, 4.69) is 4.98 Å². The number of aromatic nitrogens is 1. The van der Waals surface area contributed by atoms with Gasteiger partial charge in [-0.15, -0.1) is 0 Å². The highest BCUT2D eigenvalue weighted by molar-refractivity contribution is 8.02. The molecular weight excluding hydrogens is 299 g/mol. The summed E-state index contributed by atoms with van der Waals surface area (Å²) < 4.78 is 43.6. The van der Waals surface area contributed by atoms with Gasteiger partial charge in [-0.1, -0.05) is 23.9 Å². The molecule has 0 aliphatic heterocycles. The van der Waals surface area contributed by atoms with Gasteiger partial charge in [-0.3, -0.25) is 4.98 Å². The van der Waals surface area contributed by atoms with E-state index < -0.39 is 11.7 Å². The molecule has 6 heteroatoms. The maximum Gasteiger partial charge on any atom is 0.418 e. The molecule has 0 spiro atoms. The van der Waals surface area contributed by atoms with Crippen LogP contribution in [0.3, 0.4) is 0 Å². The van der Waals surface area contributed by atoms with Gasteiger partial charge in [-0.25, -0.2) is 0 Å². The van der Waals surface area contributed by atoms with Gasteiger partial charge in [0.1, 0.15) is 5.75 Å². The number of thioether (sulfide) groups is 1. The first kappa shape index (κ1) is 15.4. The van der Waals surface area contributed by atoms with Crippen LogP contribution in [0.2, 0.25) is 0 Å². The molecule has 1 aromatic carbocycles. The van der Waals surface area contributed by atoms with Crippen molar-refractivity contribution in [1.29, 1.82) is 0 Å². The van der Waals surface area contributed by atoms with Crippen molar-refractivity contribution in [3.8, 4) is 5.75 Å². The molecule has 0 bridgehead atoms. The van der Waals surface area contributed by atoms with Crippen molar-refractivity contribution in [1.82, 2.24) is 4.98 Å². The minimum atomic E-state index is -4.41. The number of methoxy groups -OCH3 is 1. The zero-order valence-corrected chi connectivity index (χ0v) is 11.9. The van der Waals surface area contributed by atoms with Crippen molar-refractivity contribution in [3.63, 3.8) is 0 Å². The number of halogens is 3. The predicted octanol–water partition coefficient (Wildman–Crippen LogP) is 4.87. The Morgan fingerprint density at radius 1 is 1.14 bits per heavy atom. The number of hydrogen-bond donors (Lipinski definition) is 0. The molecule has 0 radical (unpaired) electrons. The van der Waals surface area contributed by atoms with Crippen molar-refractivity contribution >= 4 is 17.8 Å². The zero-order valence-electron chi connectivity index (χ0n) is 11.1. The van der Waals surface area contributed by atoms with Crippen LogP contribution in [-0.2, 0) is 6.18 Å². The molecule has 0 aliphatic carbocycles. The summed E-state index contributed by atoms with van der Waals surface area (Å²) in [6.45, 7) is 0. The van der Waals surface area contributed by atoms with E-state index in [1.54, 1.807) is 18.6 Å². The van der Waals surface area contributed by atoms with Gasteiger partial charge in [0.2, 0.25) is 0 Å². The van der Waals surface area contributed by atoms with Crippen LogP contribution in [0.5, 0.6) is 5.75 Å². The largest absolute Gasteiger partial charge is 0.496 e. The van der Waals surface area contributed by atoms with E-state index in [0.717, 1.165) is 11.0 Å². The Morgan fingerprint density at radius 2 is 1.90 bits per heavy atom. The second kappa shape index (κ2) is 6.67. The summed E-state index contributed by atoms with van der Waals surface area (Å²) in [5.41, 5.74) is -0.853. The smallest absolute Gasteiger partial charge is 0.418 e. The van der Waals surface area contributed by atoms with Crippen molar-refractivity contribution in [3.05, 3.63) is 59.3 Å². The summed E-state index contributed by atoms with van der Waals surface area (Å²) >= 11 is 1.27. The van der Waals surface area contributed by atoms with Gasteiger partial charge in [0.05, 0.1) is 23.3 Å². The molecule has 0 saturated heterocycles. The molecule has 2 aromatic rings. The maximum absolute atomic E-state index is 12.8. The summed E-state index contributed by atoms with van der Waals surface area (Å²) in [5.74, 6) is 0.671. The van der Waals surface area contributed by atoms with Crippen LogP contribution >= 0.6 is 11.8 Å². The van der Waals surface area contributed by atoms with Gasteiger partial charge < -0.3 is 4.74 Å². The van der Waals surface area contributed by atoms with E-state index in [4.69, 9.17) is 4.74 Å². The monoisotopic (exact) mass is 311 g/mol. The molecule has 1 heterocycles. The third-order valence-corrected chi connectivity index (χ3v) is 3.50. The van der Waals surface area contributed by atoms with E-state index in [9.17, 15) is 13.2 Å². The van der Waals surface area contributed by atoms with Crippen molar-refractivity contribution in [2.75, 3.05) is 7.11 Å². The first-order chi connectivity index (χ1) is 10.0. The van der Waals surface area contributed by atoms with Crippen molar-refractivity contribution in [2.24, 2.45) is 0 Å². The van der Waals surface area contributed by atoms with E-state index >= 15 is 0 Å². The Kier molecular flexibility index (Phi) is 4.90. The molecule has 1 aromatic heterocycles. The molecular formula is C15H12F3NOS. The molecule has 0 fully saturated rings. The average molecular weight is 311 g/mol. The van der Waals surface area contributed by atoms with Gasteiger partial charge in [-0.05, 0) is 35.7 Å². The first-order valence-electron chi connectivity index (χ1n) is 6.01. The molecule has 21 heavy (non-hydrogen) atoms. The van der Waals surface area contributed by atoms with Gasteiger partial charge in [0.15, 0.2) is 0 Å². The Hall–Kier alpha value is -1.95. The molecule has 2 rings (SSSR count). The lowest BCUT2D eigenvalue weighted by Crippen LogP contribution is -2.08. The molecule has 0 unspecified atom stereocenters. The van der Waals surface area contributed by atoms with Gasteiger partial charge >= 0.3 is 6.18 Å². The van der Waals surface area contributed by atoms with Crippen LogP contribution in [-0.4, -0.2) is 12.1 Å². The van der Waals surface area contributed by atoms with E-state index in [0.29, 0.717) is 5.75 Å². The van der Waals surface area contributed by atoms with Gasteiger partial charge in [0, 0.05) is 6.20 Å². The summed E-state index contributed by atoms with van der Waals surface area (Å²) in [6, 6.07) is 9.57. The highest BCUT2D eigenvalue weighted by Gasteiger charge is 2.33. The molecule has 0 amide bonds. The molecule has 110 valence electrons. The molecule has 0 N–H and O–H groups in total. The lowest BCUT2D eigenvalue weighted by molar-refractivity contribution is -0.138. The summed E-state index contributed by atoms with van der Waals surface area (Å²) in [7, 11) is 1.55. The molecule has 0 saturated carbocycles. The maximum atomic E-state index is 12.8. The fraction of sp³-hybridized carbons (Fsp3) is 0.133. The van der Waals surface area contributed by atoms with Crippen LogP contribution in [0, 0.1) is 0 Å². The topological polar surface area (TPSA) is 22.1 Å². The number of alkyl halides is 3. The first-order valence-corrected chi connectivity index (χ1v) is 6.89. The fourth-order valence-corrected chi connectivity index (χ4v) is 2.45. The van der Waals surface area contributed by atoms with Crippen LogP contribution in [0.25, 0.3) is 6.08 Å². The zero-order chi connectivity index (χ0) is 15.3. The van der Waals surface area contributed by atoms with Crippen molar-refractivity contribution in [2.45, 2.75) is 11.1 Å². The Labute approximate surface area is 124 Å². The second-order valence-corrected chi connectivity index (χ2v) is 4.95. The van der Waals surface area contributed by atoms with E-state index in [-0.39, 0.29) is 5.69 Å². The highest BCUT2D eigenvalue weighted by atomic mass is 32.2. The average Bonchev–Trinajstić information content (AvgIpc) is 2.47. The Balaban J connectivity index is 2.19. The Bertz CT molecular complexity index is 641.